The molecular formula is C32H44N4O3. The van der Waals surface area contributed by atoms with E-state index < -0.39 is 0 Å². The molecule has 2 aromatic rings. The van der Waals surface area contributed by atoms with Crippen LogP contribution in [0.1, 0.15) is 81.6 Å². The number of rotatable bonds is 9. The van der Waals surface area contributed by atoms with Crippen molar-refractivity contribution in [3.63, 3.8) is 0 Å². The molecule has 0 spiro atoms. The number of anilines is 1. The minimum atomic E-state index is 0.0986. The number of hydrogen-bond donors (Lipinski definition) is 0. The zero-order valence-corrected chi connectivity index (χ0v) is 24.5. The van der Waals surface area contributed by atoms with Crippen LogP contribution in [0.5, 0.6) is 0 Å². The third-order valence-electron chi connectivity index (χ3n) is 9.36. The number of aromatic nitrogens is 2. The molecule has 3 aliphatic rings. The standard InChI is InChI=1S/C32H44N4O3/c1-7-36(24-10-8-23(9-11-24)35-18-25(19-35)39-6)29-16-27(22(4)32-28(29)17-33-34(32)5)30(37)13-12-26-21(3)14-20(2)15-31(26)38/h14,16-17,23-25H,7-13,15,18-19H2,1-6H3. The second-order valence-corrected chi connectivity index (χ2v) is 11.8. The van der Waals surface area contributed by atoms with E-state index in [1.807, 2.05) is 45.8 Å². The van der Waals surface area contributed by atoms with Crippen molar-refractivity contribution in [3.05, 3.63) is 46.2 Å². The Balaban J connectivity index is 1.38. The molecule has 1 saturated carbocycles. The zero-order valence-electron chi connectivity index (χ0n) is 24.5. The van der Waals surface area contributed by atoms with E-state index in [4.69, 9.17) is 4.74 Å². The van der Waals surface area contributed by atoms with Crippen LogP contribution >= 0.6 is 0 Å². The average molecular weight is 533 g/mol. The van der Waals surface area contributed by atoms with Crippen LogP contribution in [-0.2, 0) is 16.6 Å². The number of carbonyl (C=O) groups excluding carboxylic acids is 2. The average Bonchev–Trinajstić information content (AvgIpc) is 3.27. The molecule has 1 aromatic heterocycles. The van der Waals surface area contributed by atoms with E-state index in [2.05, 4.69) is 34.0 Å². The molecule has 0 atom stereocenters. The molecule has 1 saturated heterocycles. The van der Waals surface area contributed by atoms with Crippen LogP contribution in [0.4, 0.5) is 5.69 Å². The molecular weight excluding hydrogens is 488 g/mol. The number of methoxy groups -OCH3 is 1. The van der Waals surface area contributed by atoms with Gasteiger partial charge in [0, 0.05) is 75.4 Å². The van der Waals surface area contributed by atoms with Gasteiger partial charge in [-0.2, -0.15) is 5.10 Å². The Hall–Kier alpha value is -2.77. The number of carbonyl (C=O) groups is 2. The molecule has 210 valence electrons. The minimum Gasteiger partial charge on any atom is -0.379 e. The Bertz CT molecular complexity index is 1320. The number of ketones is 2. The van der Waals surface area contributed by atoms with Gasteiger partial charge >= 0.3 is 0 Å². The van der Waals surface area contributed by atoms with E-state index in [1.165, 1.54) is 12.8 Å². The first kappa shape index (κ1) is 27.8. The summed E-state index contributed by atoms with van der Waals surface area (Å²) in [6.07, 6.45) is 10.4. The van der Waals surface area contributed by atoms with Crippen LogP contribution in [0.2, 0.25) is 0 Å². The van der Waals surface area contributed by atoms with Crippen LogP contribution in [0, 0.1) is 6.92 Å². The molecule has 0 bridgehead atoms. The Kier molecular flexibility index (Phi) is 8.11. The first-order chi connectivity index (χ1) is 18.7. The van der Waals surface area contributed by atoms with E-state index in [9.17, 15) is 9.59 Å². The van der Waals surface area contributed by atoms with Crippen LogP contribution in [-0.4, -0.2) is 71.2 Å². The number of hydrogen-bond acceptors (Lipinski definition) is 6. The van der Waals surface area contributed by atoms with E-state index >= 15 is 0 Å². The third-order valence-corrected chi connectivity index (χ3v) is 9.36. The number of aryl methyl sites for hydroxylation is 2. The van der Waals surface area contributed by atoms with E-state index in [0.717, 1.165) is 76.9 Å². The van der Waals surface area contributed by atoms with E-state index in [-0.39, 0.29) is 11.6 Å². The fourth-order valence-corrected chi connectivity index (χ4v) is 7.12. The molecule has 2 heterocycles. The number of benzene rings is 1. The van der Waals surface area contributed by atoms with Crippen molar-refractivity contribution in [2.45, 2.75) is 90.8 Å². The largest absolute Gasteiger partial charge is 0.379 e. The molecule has 7 nitrogen and oxygen atoms in total. The Morgan fingerprint density at radius 2 is 1.87 bits per heavy atom. The van der Waals surface area contributed by atoms with Crippen molar-refractivity contribution in [1.29, 1.82) is 0 Å². The highest BCUT2D eigenvalue weighted by molar-refractivity contribution is 6.07. The van der Waals surface area contributed by atoms with Crippen molar-refractivity contribution in [3.8, 4) is 0 Å². The lowest BCUT2D eigenvalue weighted by Crippen LogP contribution is -2.57. The summed E-state index contributed by atoms with van der Waals surface area (Å²) in [6, 6.07) is 3.21. The van der Waals surface area contributed by atoms with Crippen molar-refractivity contribution in [2.24, 2.45) is 7.05 Å². The van der Waals surface area contributed by atoms with Crippen LogP contribution in [0.25, 0.3) is 10.9 Å². The highest BCUT2D eigenvalue weighted by atomic mass is 16.5. The number of ether oxygens (including phenoxy) is 1. The maximum absolute atomic E-state index is 13.7. The van der Waals surface area contributed by atoms with Crippen molar-refractivity contribution < 1.29 is 14.3 Å². The van der Waals surface area contributed by atoms with Gasteiger partial charge in [-0.3, -0.25) is 19.2 Å². The minimum absolute atomic E-state index is 0.0986. The van der Waals surface area contributed by atoms with Gasteiger partial charge in [-0.15, -0.1) is 0 Å². The highest BCUT2D eigenvalue weighted by Gasteiger charge is 2.36. The maximum atomic E-state index is 13.7. The van der Waals surface area contributed by atoms with Gasteiger partial charge in [0.15, 0.2) is 11.6 Å². The fraction of sp³-hybridized carbons (Fsp3) is 0.594. The van der Waals surface area contributed by atoms with Gasteiger partial charge in [-0.25, -0.2) is 0 Å². The van der Waals surface area contributed by atoms with Gasteiger partial charge in [0.25, 0.3) is 0 Å². The third kappa shape index (κ3) is 5.36. The quantitative estimate of drug-likeness (QED) is 0.395. The van der Waals surface area contributed by atoms with Gasteiger partial charge < -0.3 is 9.64 Å². The van der Waals surface area contributed by atoms with Crippen LogP contribution < -0.4 is 4.90 Å². The monoisotopic (exact) mass is 532 g/mol. The maximum Gasteiger partial charge on any atom is 0.163 e. The Morgan fingerprint density at radius 3 is 2.51 bits per heavy atom. The lowest BCUT2D eigenvalue weighted by Gasteiger charge is -2.47. The van der Waals surface area contributed by atoms with Gasteiger partial charge in [0.1, 0.15) is 0 Å². The lowest BCUT2D eigenvalue weighted by molar-refractivity contribution is -0.115. The second-order valence-electron chi connectivity index (χ2n) is 11.8. The van der Waals surface area contributed by atoms with Crippen molar-refractivity contribution in [1.82, 2.24) is 14.7 Å². The molecule has 0 N–H and O–H groups in total. The predicted molar refractivity (Wildman–Crippen MR) is 157 cm³/mol. The molecule has 2 aliphatic carbocycles. The number of likely N-dealkylation sites (tertiary alicyclic amines) is 1. The van der Waals surface area contributed by atoms with Crippen molar-refractivity contribution in [2.75, 3.05) is 31.6 Å². The summed E-state index contributed by atoms with van der Waals surface area (Å²) in [6.45, 7) is 11.2. The summed E-state index contributed by atoms with van der Waals surface area (Å²) in [5.41, 5.74) is 6.76. The summed E-state index contributed by atoms with van der Waals surface area (Å²) < 4.78 is 7.38. The summed E-state index contributed by atoms with van der Waals surface area (Å²) in [7, 11) is 3.77. The molecule has 0 unspecified atom stereocenters. The Labute approximate surface area is 232 Å². The first-order valence-corrected chi connectivity index (χ1v) is 14.6. The number of Topliss-reactive ketones (excluding diaryl/α,β-unsaturated/α-hetero) is 2. The number of nitrogens with zero attached hydrogens (tertiary/aromatic N) is 4. The fourth-order valence-electron chi connectivity index (χ4n) is 7.12. The predicted octanol–water partition coefficient (Wildman–Crippen LogP) is 5.55. The normalized spacial score (nSPS) is 22.8. The molecule has 1 aromatic carbocycles. The molecule has 39 heavy (non-hydrogen) atoms. The van der Waals surface area contributed by atoms with Gasteiger partial charge in [0.2, 0.25) is 0 Å². The van der Waals surface area contributed by atoms with E-state index in [0.29, 0.717) is 37.5 Å². The van der Waals surface area contributed by atoms with Gasteiger partial charge in [-0.05, 0) is 82.6 Å². The highest BCUT2D eigenvalue weighted by Crippen LogP contribution is 2.38. The first-order valence-electron chi connectivity index (χ1n) is 14.6. The second kappa shape index (κ2) is 11.4. The van der Waals surface area contributed by atoms with E-state index in [1.54, 1.807) is 0 Å². The molecule has 5 rings (SSSR count). The lowest BCUT2D eigenvalue weighted by atomic mass is 9.86. The summed E-state index contributed by atoms with van der Waals surface area (Å²) in [5.74, 6) is 0.255. The zero-order chi connectivity index (χ0) is 27.8. The molecule has 0 radical (unpaired) electrons. The molecule has 0 amide bonds. The molecule has 2 fully saturated rings. The number of allylic oxidation sites excluding steroid dienone is 4. The topological polar surface area (TPSA) is 67.7 Å². The smallest absolute Gasteiger partial charge is 0.163 e. The number of fused-ring (bicyclic) bond motifs is 1. The SMILES string of the molecule is CCN(c1cc(C(=O)CCC2=C(C)C=C(C)CC2=O)c(C)c2c1cnn2C)C1CCC(N2CC(OC)C2)CC1. The Morgan fingerprint density at radius 1 is 1.15 bits per heavy atom. The molecule has 1 aliphatic heterocycles. The van der Waals surface area contributed by atoms with Gasteiger partial charge in [-0.1, -0.05) is 11.6 Å². The van der Waals surface area contributed by atoms with Crippen molar-refractivity contribution >= 4 is 28.2 Å². The summed E-state index contributed by atoms with van der Waals surface area (Å²) in [4.78, 5) is 31.4. The van der Waals surface area contributed by atoms with Crippen LogP contribution in [0.3, 0.4) is 0 Å². The molecule has 7 heteroatoms. The summed E-state index contributed by atoms with van der Waals surface area (Å²) in [5, 5.41) is 5.71. The van der Waals surface area contributed by atoms with Crippen LogP contribution in [0.15, 0.2) is 35.1 Å². The van der Waals surface area contributed by atoms with Gasteiger partial charge in [0.05, 0.1) is 17.8 Å². The summed E-state index contributed by atoms with van der Waals surface area (Å²) >= 11 is 0.